The molecule has 0 aliphatic carbocycles. The number of hydrogen-bond donors (Lipinski definition) is 1. The van der Waals surface area contributed by atoms with E-state index in [2.05, 4.69) is 53.8 Å². The maximum absolute atomic E-state index is 12.6. The van der Waals surface area contributed by atoms with Crippen LogP contribution in [0.3, 0.4) is 0 Å². The van der Waals surface area contributed by atoms with Gasteiger partial charge in [-0.25, -0.2) is 10.4 Å². The molecule has 0 bridgehead atoms. The Morgan fingerprint density at radius 2 is 2.10 bits per heavy atom. The van der Waals surface area contributed by atoms with Crippen LogP contribution in [0.15, 0.2) is 34.2 Å². The minimum Gasteiger partial charge on any atom is -0.348 e. The van der Waals surface area contributed by atoms with E-state index >= 15 is 0 Å². The second-order valence-corrected chi connectivity index (χ2v) is 8.35. The lowest BCUT2D eigenvalue weighted by Crippen LogP contribution is -2.22. The van der Waals surface area contributed by atoms with Crippen LogP contribution >= 0.6 is 0 Å². The molecule has 30 heavy (non-hydrogen) atoms. The third-order valence-corrected chi connectivity index (χ3v) is 5.61. The van der Waals surface area contributed by atoms with Crippen molar-refractivity contribution < 1.29 is 4.79 Å². The number of amides is 1. The Morgan fingerprint density at radius 3 is 2.87 bits per heavy atom. The van der Waals surface area contributed by atoms with E-state index in [1.165, 1.54) is 5.69 Å². The summed E-state index contributed by atoms with van der Waals surface area (Å²) in [4.78, 5) is 29.7. The summed E-state index contributed by atoms with van der Waals surface area (Å²) >= 11 is 0. The van der Waals surface area contributed by atoms with Crippen LogP contribution in [-0.4, -0.2) is 26.2 Å². The number of aromatic nitrogens is 3. The Morgan fingerprint density at radius 1 is 1.30 bits per heavy atom. The third-order valence-electron chi connectivity index (χ3n) is 5.61. The Bertz CT molecular complexity index is 1220. The number of fused-ring (bicyclic) bond motifs is 2. The summed E-state index contributed by atoms with van der Waals surface area (Å²) in [6, 6.07) is 7.05. The Hall–Kier alpha value is -3.22. The van der Waals surface area contributed by atoms with Gasteiger partial charge in [0, 0.05) is 42.0 Å². The van der Waals surface area contributed by atoms with Gasteiger partial charge in [0.2, 0.25) is 0 Å². The van der Waals surface area contributed by atoms with Crippen LogP contribution in [0.5, 0.6) is 0 Å². The summed E-state index contributed by atoms with van der Waals surface area (Å²) in [5.74, 6) is 1.02. The van der Waals surface area contributed by atoms with Crippen molar-refractivity contribution in [2.24, 2.45) is 11.0 Å². The van der Waals surface area contributed by atoms with Crippen LogP contribution in [-0.2, 0) is 19.5 Å². The second-order valence-electron chi connectivity index (χ2n) is 8.35. The van der Waals surface area contributed by atoms with Crippen molar-refractivity contribution in [3.05, 3.63) is 63.0 Å². The molecular weight excluding hydrogens is 378 g/mol. The molecule has 4 rings (SSSR count). The summed E-state index contributed by atoms with van der Waals surface area (Å²) in [6.45, 7) is 10.2. The first kappa shape index (κ1) is 20.1. The van der Waals surface area contributed by atoms with Crippen LogP contribution in [0.25, 0.3) is 10.9 Å². The lowest BCUT2D eigenvalue weighted by Gasteiger charge is -2.11. The summed E-state index contributed by atoms with van der Waals surface area (Å²) < 4.78 is 3.99. The van der Waals surface area contributed by atoms with Gasteiger partial charge in [-0.15, -0.1) is 0 Å². The molecule has 1 aliphatic heterocycles. The molecule has 1 N–H and O–H groups in total. The minimum atomic E-state index is -0.327. The Kier molecular flexibility index (Phi) is 5.28. The van der Waals surface area contributed by atoms with Crippen molar-refractivity contribution in [3.63, 3.8) is 0 Å². The predicted octanol–water partition coefficient (Wildman–Crippen LogP) is 3.18. The van der Waals surface area contributed by atoms with Gasteiger partial charge in [-0.3, -0.25) is 14.2 Å². The molecule has 3 heterocycles. The molecule has 2 aromatic heterocycles. The standard InChI is InChI=1S/C23H27N5O2/c1-14(2)13-28-15(3)10-18(16(28)4)12-24-26-22(29)17-7-8-19-20(11-17)25-21-6-5-9-27(21)23(19)30/h7-8,10-12,14H,5-6,9,13H2,1-4H3,(H,26,29)/b24-12-. The van der Waals surface area contributed by atoms with Crippen LogP contribution in [0.4, 0.5) is 0 Å². The van der Waals surface area contributed by atoms with E-state index in [1.807, 2.05) is 0 Å². The third kappa shape index (κ3) is 3.67. The van der Waals surface area contributed by atoms with Gasteiger partial charge in [-0.2, -0.15) is 5.10 Å². The molecular formula is C23H27N5O2. The number of hydrogen-bond acceptors (Lipinski definition) is 4. The molecule has 7 nitrogen and oxygen atoms in total. The molecule has 0 spiro atoms. The van der Waals surface area contributed by atoms with Crippen LogP contribution in [0.1, 0.15) is 53.4 Å². The van der Waals surface area contributed by atoms with Gasteiger partial charge >= 0.3 is 0 Å². The predicted molar refractivity (Wildman–Crippen MR) is 118 cm³/mol. The molecule has 0 atom stereocenters. The number of benzene rings is 1. The maximum atomic E-state index is 12.6. The van der Waals surface area contributed by atoms with Crippen LogP contribution < -0.4 is 11.0 Å². The number of nitrogens with zero attached hydrogens (tertiary/aromatic N) is 4. The Labute approximate surface area is 175 Å². The van der Waals surface area contributed by atoms with Crippen molar-refractivity contribution in [1.82, 2.24) is 19.5 Å². The molecule has 156 valence electrons. The molecule has 3 aromatic rings. The fraction of sp³-hybridized carbons (Fsp3) is 0.391. The first-order chi connectivity index (χ1) is 14.3. The fourth-order valence-corrected chi connectivity index (χ4v) is 4.05. The van der Waals surface area contributed by atoms with E-state index in [1.54, 1.807) is 29.0 Å². The van der Waals surface area contributed by atoms with E-state index in [9.17, 15) is 9.59 Å². The number of aryl methyl sites for hydroxylation is 2. The average molecular weight is 406 g/mol. The largest absolute Gasteiger partial charge is 0.348 e. The molecule has 0 saturated heterocycles. The summed E-state index contributed by atoms with van der Waals surface area (Å²) in [5.41, 5.74) is 6.83. The smallest absolute Gasteiger partial charge is 0.271 e. The molecule has 0 unspecified atom stereocenters. The first-order valence-corrected chi connectivity index (χ1v) is 10.4. The lowest BCUT2D eigenvalue weighted by atomic mass is 10.1. The van der Waals surface area contributed by atoms with E-state index in [0.717, 1.165) is 36.5 Å². The van der Waals surface area contributed by atoms with Crippen molar-refractivity contribution in [1.29, 1.82) is 0 Å². The van der Waals surface area contributed by atoms with Gasteiger partial charge in [0.05, 0.1) is 17.1 Å². The van der Waals surface area contributed by atoms with Gasteiger partial charge in [0.25, 0.3) is 11.5 Å². The lowest BCUT2D eigenvalue weighted by molar-refractivity contribution is 0.0955. The molecule has 1 aliphatic rings. The molecule has 0 saturated carbocycles. The minimum absolute atomic E-state index is 0.0331. The highest BCUT2D eigenvalue weighted by molar-refractivity contribution is 5.98. The highest BCUT2D eigenvalue weighted by Gasteiger charge is 2.17. The summed E-state index contributed by atoms with van der Waals surface area (Å²) in [7, 11) is 0. The quantitative estimate of drug-likeness (QED) is 0.523. The van der Waals surface area contributed by atoms with Crippen molar-refractivity contribution in [3.8, 4) is 0 Å². The van der Waals surface area contributed by atoms with E-state index in [4.69, 9.17) is 0 Å². The SMILES string of the molecule is Cc1cc(/C=N\NC(=O)c2ccc3c(=O)n4c(nc3c2)CCC4)c(C)n1CC(C)C. The summed E-state index contributed by atoms with van der Waals surface area (Å²) in [5, 5.41) is 4.68. The number of nitrogens with one attached hydrogen (secondary N) is 1. The fourth-order valence-electron chi connectivity index (χ4n) is 4.05. The Balaban J connectivity index is 1.53. The van der Waals surface area contributed by atoms with Crippen molar-refractivity contribution in [2.75, 3.05) is 0 Å². The monoisotopic (exact) mass is 405 g/mol. The van der Waals surface area contributed by atoms with Crippen molar-refractivity contribution in [2.45, 2.75) is 53.6 Å². The van der Waals surface area contributed by atoms with Gasteiger partial charge in [0.1, 0.15) is 5.82 Å². The van der Waals surface area contributed by atoms with Crippen LogP contribution in [0.2, 0.25) is 0 Å². The highest BCUT2D eigenvalue weighted by atomic mass is 16.2. The number of rotatable bonds is 5. The molecule has 7 heteroatoms. The zero-order valence-electron chi connectivity index (χ0n) is 17.9. The first-order valence-electron chi connectivity index (χ1n) is 10.4. The molecule has 1 aromatic carbocycles. The highest BCUT2D eigenvalue weighted by Crippen LogP contribution is 2.17. The van der Waals surface area contributed by atoms with Gasteiger partial charge in [0.15, 0.2) is 0 Å². The average Bonchev–Trinajstić information content (AvgIpc) is 3.28. The summed E-state index contributed by atoms with van der Waals surface area (Å²) in [6.07, 6.45) is 3.40. The molecule has 0 radical (unpaired) electrons. The number of carbonyl (C=O) groups excluding carboxylic acids is 1. The topological polar surface area (TPSA) is 81.3 Å². The van der Waals surface area contributed by atoms with Gasteiger partial charge in [-0.1, -0.05) is 13.8 Å². The number of carbonyl (C=O) groups is 1. The van der Waals surface area contributed by atoms with E-state index < -0.39 is 0 Å². The number of hydrazone groups is 1. The van der Waals surface area contributed by atoms with Gasteiger partial charge < -0.3 is 4.57 Å². The zero-order valence-corrected chi connectivity index (χ0v) is 17.9. The second kappa shape index (κ2) is 7.89. The molecule has 0 fully saturated rings. The van der Waals surface area contributed by atoms with E-state index in [-0.39, 0.29) is 11.5 Å². The van der Waals surface area contributed by atoms with Gasteiger partial charge in [-0.05, 0) is 50.5 Å². The van der Waals surface area contributed by atoms with Crippen molar-refractivity contribution >= 4 is 23.0 Å². The normalized spacial score (nSPS) is 13.5. The van der Waals surface area contributed by atoms with E-state index in [0.29, 0.717) is 28.9 Å². The van der Waals surface area contributed by atoms with Crippen LogP contribution in [0, 0.1) is 19.8 Å². The zero-order chi connectivity index (χ0) is 21.4. The maximum Gasteiger partial charge on any atom is 0.271 e. The molecule has 1 amide bonds.